The standard InChI is InChI=1S/C13H17N3O2/c17-12(9-15-13(18)16-11-6-7-11)14-8-10-4-2-1-3-5-10/h1-5,11H,6-9H2,(H,14,17)(H2,15,16,18). The second-order valence-electron chi connectivity index (χ2n) is 4.36. The molecular weight excluding hydrogens is 230 g/mol. The third-order valence-electron chi connectivity index (χ3n) is 2.65. The summed E-state index contributed by atoms with van der Waals surface area (Å²) in [5, 5.41) is 8.02. The lowest BCUT2D eigenvalue weighted by Gasteiger charge is -2.07. The van der Waals surface area contributed by atoms with Crippen molar-refractivity contribution in [1.29, 1.82) is 0 Å². The molecule has 5 heteroatoms. The lowest BCUT2D eigenvalue weighted by molar-refractivity contribution is -0.120. The highest BCUT2D eigenvalue weighted by Crippen LogP contribution is 2.18. The van der Waals surface area contributed by atoms with E-state index in [0.29, 0.717) is 12.6 Å². The fourth-order valence-electron chi connectivity index (χ4n) is 1.48. The Morgan fingerprint density at radius 1 is 1.11 bits per heavy atom. The molecule has 1 aliphatic carbocycles. The van der Waals surface area contributed by atoms with Gasteiger partial charge in [-0.05, 0) is 18.4 Å². The summed E-state index contributed by atoms with van der Waals surface area (Å²) in [4.78, 5) is 22.7. The van der Waals surface area contributed by atoms with Gasteiger partial charge in [-0.25, -0.2) is 4.79 Å². The maximum atomic E-state index is 11.5. The average molecular weight is 247 g/mol. The zero-order valence-electron chi connectivity index (χ0n) is 10.1. The minimum Gasteiger partial charge on any atom is -0.350 e. The summed E-state index contributed by atoms with van der Waals surface area (Å²) in [6.07, 6.45) is 2.07. The Bertz CT molecular complexity index is 416. The molecule has 0 spiro atoms. The van der Waals surface area contributed by atoms with Crippen LogP contribution in [-0.4, -0.2) is 24.5 Å². The van der Waals surface area contributed by atoms with Crippen molar-refractivity contribution in [3.63, 3.8) is 0 Å². The van der Waals surface area contributed by atoms with Crippen LogP contribution < -0.4 is 16.0 Å². The van der Waals surface area contributed by atoms with Crippen LogP contribution in [0.1, 0.15) is 18.4 Å². The SMILES string of the molecule is O=C(CNC(=O)NC1CC1)NCc1ccccc1. The largest absolute Gasteiger partial charge is 0.350 e. The lowest BCUT2D eigenvalue weighted by Crippen LogP contribution is -2.42. The van der Waals surface area contributed by atoms with Gasteiger partial charge in [-0.3, -0.25) is 4.79 Å². The second kappa shape index (κ2) is 6.05. The number of carbonyl (C=O) groups is 2. The molecule has 0 unspecified atom stereocenters. The number of rotatable bonds is 5. The van der Waals surface area contributed by atoms with Gasteiger partial charge in [0.05, 0.1) is 6.54 Å². The molecule has 18 heavy (non-hydrogen) atoms. The number of carbonyl (C=O) groups excluding carboxylic acids is 2. The maximum absolute atomic E-state index is 11.5. The molecule has 1 fully saturated rings. The van der Waals surface area contributed by atoms with E-state index in [-0.39, 0.29) is 18.5 Å². The Labute approximate surface area is 106 Å². The second-order valence-corrected chi connectivity index (χ2v) is 4.36. The summed E-state index contributed by atoms with van der Waals surface area (Å²) in [5.74, 6) is -0.190. The highest BCUT2D eigenvalue weighted by atomic mass is 16.2. The molecule has 96 valence electrons. The Hall–Kier alpha value is -2.04. The first-order valence-corrected chi connectivity index (χ1v) is 6.09. The van der Waals surface area contributed by atoms with E-state index in [9.17, 15) is 9.59 Å². The molecule has 0 aromatic heterocycles. The molecule has 0 bridgehead atoms. The molecule has 0 radical (unpaired) electrons. The van der Waals surface area contributed by atoms with Crippen LogP contribution in [0, 0.1) is 0 Å². The zero-order chi connectivity index (χ0) is 12.8. The first-order chi connectivity index (χ1) is 8.74. The smallest absolute Gasteiger partial charge is 0.315 e. The number of hydrogen-bond acceptors (Lipinski definition) is 2. The van der Waals surface area contributed by atoms with Crippen LogP contribution in [0.25, 0.3) is 0 Å². The van der Waals surface area contributed by atoms with Crippen LogP contribution in [0.3, 0.4) is 0 Å². The Morgan fingerprint density at radius 2 is 1.83 bits per heavy atom. The van der Waals surface area contributed by atoms with Gasteiger partial charge in [0.1, 0.15) is 0 Å². The molecule has 0 heterocycles. The van der Waals surface area contributed by atoms with Gasteiger partial charge < -0.3 is 16.0 Å². The molecular formula is C13H17N3O2. The van der Waals surface area contributed by atoms with Crippen LogP contribution in [0.5, 0.6) is 0 Å². The number of benzene rings is 1. The van der Waals surface area contributed by atoms with Gasteiger partial charge in [0.25, 0.3) is 0 Å². The number of nitrogens with one attached hydrogen (secondary N) is 3. The zero-order valence-corrected chi connectivity index (χ0v) is 10.1. The third kappa shape index (κ3) is 4.45. The minimum absolute atomic E-state index is 0.00534. The molecule has 0 atom stereocenters. The summed E-state index contributed by atoms with van der Waals surface area (Å²) in [6, 6.07) is 9.67. The molecule has 3 amide bonds. The predicted molar refractivity (Wildman–Crippen MR) is 67.8 cm³/mol. The molecule has 3 N–H and O–H groups in total. The quantitative estimate of drug-likeness (QED) is 0.719. The fraction of sp³-hybridized carbons (Fsp3) is 0.385. The summed E-state index contributed by atoms with van der Waals surface area (Å²) in [7, 11) is 0. The fourth-order valence-corrected chi connectivity index (χ4v) is 1.48. The van der Waals surface area contributed by atoms with Crippen LogP contribution in [0.2, 0.25) is 0 Å². The molecule has 1 aromatic carbocycles. The average Bonchev–Trinajstić information content (AvgIpc) is 3.19. The molecule has 0 saturated heterocycles. The number of amides is 3. The molecule has 1 aliphatic rings. The van der Waals surface area contributed by atoms with Gasteiger partial charge in [-0.1, -0.05) is 30.3 Å². The molecule has 2 rings (SSSR count). The van der Waals surface area contributed by atoms with Gasteiger partial charge in [0.2, 0.25) is 5.91 Å². The molecule has 0 aliphatic heterocycles. The van der Waals surface area contributed by atoms with E-state index < -0.39 is 0 Å². The summed E-state index contributed by atoms with van der Waals surface area (Å²) in [5.41, 5.74) is 1.04. The van der Waals surface area contributed by atoms with Crippen LogP contribution in [0.15, 0.2) is 30.3 Å². The van der Waals surface area contributed by atoms with Crippen LogP contribution >= 0.6 is 0 Å². The Balaban J connectivity index is 1.61. The van der Waals surface area contributed by atoms with Crippen molar-refractivity contribution in [2.75, 3.05) is 6.54 Å². The first kappa shape index (κ1) is 12.4. The first-order valence-electron chi connectivity index (χ1n) is 6.09. The van der Waals surface area contributed by atoms with E-state index in [1.807, 2.05) is 30.3 Å². The Morgan fingerprint density at radius 3 is 2.50 bits per heavy atom. The highest BCUT2D eigenvalue weighted by Gasteiger charge is 2.23. The van der Waals surface area contributed by atoms with E-state index in [0.717, 1.165) is 18.4 Å². The van der Waals surface area contributed by atoms with Crippen LogP contribution in [-0.2, 0) is 11.3 Å². The van der Waals surface area contributed by atoms with Gasteiger partial charge >= 0.3 is 6.03 Å². The summed E-state index contributed by atoms with van der Waals surface area (Å²) in [6.45, 7) is 0.483. The predicted octanol–water partition coefficient (Wildman–Crippen LogP) is 0.764. The van der Waals surface area contributed by atoms with Crippen molar-refractivity contribution >= 4 is 11.9 Å². The van der Waals surface area contributed by atoms with Gasteiger partial charge in [-0.2, -0.15) is 0 Å². The van der Waals surface area contributed by atoms with E-state index in [1.54, 1.807) is 0 Å². The summed E-state index contributed by atoms with van der Waals surface area (Å²) >= 11 is 0. The van der Waals surface area contributed by atoms with Crippen molar-refractivity contribution in [3.05, 3.63) is 35.9 Å². The van der Waals surface area contributed by atoms with Crippen molar-refractivity contribution in [2.45, 2.75) is 25.4 Å². The van der Waals surface area contributed by atoms with Crippen LogP contribution in [0.4, 0.5) is 4.79 Å². The van der Waals surface area contributed by atoms with Gasteiger partial charge in [-0.15, -0.1) is 0 Å². The van der Waals surface area contributed by atoms with E-state index in [4.69, 9.17) is 0 Å². The third-order valence-corrected chi connectivity index (χ3v) is 2.65. The minimum atomic E-state index is -0.271. The molecule has 1 aromatic rings. The van der Waals surface area contributed by atoms with Crippen molar-refractivity contribution < 1.29 is 9.59 Å². The van der Waals surface area contributed by atoms with E-state index >= 15 is 0 Å². The normalized spacial score (nSPS) is 13.8. The van der Waals surface area contributed by atoms with Gasteiger partial charge in [0, 0.05) is 12.6 Å². The molecule has 5 nitrogen and oxygen atoms in total. The van der Waals surface area contributed by atoms with Gasteiger partial charge in [0.15, 0.2) is 0 Å². The number of hydrogen-bond donors (Lipinski definition) is 3. The molecule has 1 saturated carbocycles. The lowest BCUT2D eigenvalue weighted by atomic mass is 10.2. The van der Waals surface area contributed by atoms with Crippen molar-refractivity contribution in [1.82, 2.24) is 16.0 Å². The van der Waals surface area contributed by atoms with E-state index in [2.05, 4.69) is 16.0 Å². The maximum Gasteiger partial charge on any atom is 0.315 e. The Kier molecular flexibility index (Phi) is 4.17. The van der Waals surface area contributed by atoms with Crippen molar-refractivity contribution in [3.8, 4) is 0 Å². The van der Waals surface area contributed by atoms with Crippen molar-refractivity contribution in [2.24, 2.45) is 0 Å². The van der Waals surface area contributed by atoms with E-state index in [1.165, 1.54) is 0 Å². The summed E-state index contributed by atoms with van der Waals surface area (Å²) < 4.78 is 0. The number of urea groups is 1. The topological polar surface area (TPSA) is 70.2 Å². The highest BCUT2D eigenvalue weighted by molar-refractivity contribution is 5.84. The monoisotopic (exact) mass is 247 g/mol.